The first-order valence-corrected chi connectivity index (χ1v) is 8.49. The van der Waals surface area contributed by atoms with Crippen molar-refractivity contribution < 1.29 is 14.7 Å². The van der Waals surface area contributed by atoms with Crippen LogP contribution in [0.3, 0.4) is 0 Å². The summed E-state index contributed by atoms with van der Waals surface area (Å²) in [6.45, 7) is 0.799. The number of aliphatic carboxylic acids is 1. The lowest BCUT2D eigenvalue weighted by Crippen LogP contribution is -2.49. The summed E-state index contributed by atoms with van der Waals surface area (Å²) in [5.41, 5.74) is 1.73. The van der Waals surface area contributed by atoms with Crippen LogP contribution in [0, 0.1) is 0 Å². The zero-order valence-electron chi connectivity index (χ0n) is 14.1. The van der Waals surface area contributed by atoms with Crippen LogP contribution in [0.5, 0.6) is 0 Å². The van der Waals surface area contributed by atoms with Crippen LogP contribution in [0.15, 0.2) is 48.5 Å². The largest absolute Gasteiger partial charge is 0.481 e. The van der Waals surface area contributed by atoms with Crippen molar-refractivity contribution in [2.24, 2.45) is 0 Å². The molecule has 132 valence electrons. The van der Waals surface area contributed by atoms with E-state index in [4.69, 9.17) is 0 Å². The van der Waals surface area contributed by atoms with Gasteiger partial charge < -0.3 is 10.0 Å². The molecule has 2 aromatic carbocycles. The van der Waals surface area contributed by atoms with E-state index in [1.54, 1.807) is 23.1 Å². The molecular weight excluding hydrogens is 332 g/mol. The molecule has 0 radical (unpaired) electrons. The second-order valence-corrected chi connectivity index (χ2v) is 6.57. The maximum Gasteiger partial charge on any atom is 0.314 e. The predicted octanol–water partition coefficient (Wildman–Crippen LogP) is 2.22. The van der Waals surface area contributed by atoms with Crippen LogP contribution in [-0.2, 0) is 10.2 Å². The highest BCUT2D eigenvalue weighted by molar-refractivity contribution is 5.97. The van der Waals surface area contributed by atoms with Crippen molar-refractivity contribution in [1.29, 1.82) is 0 Å². The van der Waals surface area contributed by atoms with Crippen LogP contribution in [0.25, 0.3) is 11.0 Å². The summed E-state index contributed by atoms with van der Waals surface area (Å²) in [7, 11) is 0. The molecule has 7 nitrogen and oxygen atoms in total. The first kappa shape index (κ1) is 16.3. The molecule has 2 N–H and O–H groups in total. The van der Waals surface area contributed by atoms with Gasteiger partial charge in [0.1, 0.15) is 11.0 Å². The number of amides is 1. The number of carboxylic acids is 1. The van der Waals surface area contributed by atoms with E-state index in [1.165, 1.54) is 0 Å². The number of carboxylic acid groups (broad SMARTS) is 1. The van der Waals surface area contributed by atoms with E-state index < -0.39 is 11.4 Å². The van der Waals surface area contributed by atoms with E-state index in [1.807, 2.05) is 30.3 Å². The van der Waals surface area contributed by atoms with Crippen molar-refractivity contribution in [3.8, 4) is 0 Å². The number of fused-ring (bicyclic) bond motifs is 1. The van der Waals surface area contributed by atoms with Gasteiger partial charge >= 0.3 is 5.97 Å². The summed E-state index contributed by atoms with van der Waals surface area (Å²) in [6, 6.07) is 14.5. The maximum absolute atomic E-state index is 12.8. The molecule has 1 amide bonds. The number of rotatable bonds is 3. The number of hydrogen-bond acceptors (Lipinski definition) is 4. The number of carbonyl (C=O) groups excluding carboxylic acids is 1. The number of benzene rings is 2. The molecule has 1 fully saturated rings. The molecule has 0 spiro atoms. The second kappa shape index (κ2) is 6.25. The van der Waals surface area contributed by atoms with Crippen molar-refractivity contribution in [2.45, 2.75) is 18.3 Å². The third-order valence-electron chi connectivity index (χ3n) is 5.20. The monoisotopic (exact) mass is 350 g/mol. The highest BCUT2D eigenvalue weighted by Gasteiger charge is 2.43. The number of nitrogens with zero attached hydrogens (tertiary/aromatic N) is 3. The van der Waals surface area contributed by atoms with Crippen LogP contribution < -0.4 is 0 Å². The lowest BCUT2D eigenvalue weighted by Gasteiger charge is -2.39. The Balaban J connectivity index is 1.55. The molecule has 4 rings (SSSR count). The molecule has 1 saturated heterocycles. The molecule has 0 saturated carbocycles. The van der Waals surface area contributed by atoms with Gasteiger partial charge in [-0.3, -0.25) is 9.59 Å². The molecule has 0 unspecified atom stereocenters. The number of aromatic amines is 1. The Bertz CT molecular complexity index is 959. The van der Waals surface area contributed by atoms with Gasteiger partial charge in [0.15, 0.2) is 0 Å². The van der Waals surface area contributed by atoms with E-state index in [-0.39, 0.29) is 5.91 Å². The molecule has 0 bridgehead atoms. The van der Waals surface area contributed by atoms with E-state index >= 15 is 0 Å². The van der Waals surface area contributed by atoms with Gasteiger partial charge in [-0.05, 0) is 36.6 Å². The average Bonchev–Trinajstić information content (AvgIpc) is 3.16. The first-order valence-electron chi connectivity index (χ1n) is 8.49. The standard InChI is InChI=1S/C19H18N4O3/c24-17(13-6-7-15-16(12-13)21-22-20-15)23-10-8-19(9-11-23,18(25)26)14-4-2-1-3-5-14/h1-7,12H,8-11H2,(H,25,26)(H,20,21,22). The van der Waals surface area contributed by atoms with Crippen molar-refractivity contribution in [2.75, 3.05) is 13.1 Å². The fourth-order valence-electron chi connectivity index (χ4n) is 3.63. The minimum absolute atomic E-state index is 0.109. The highest BCUT2D eigenvalue weighted by Crippen LogP contribution is 2.36. The molecule has 1 aliphatic heterocycles. The molecule has 1 aliphatic rings. The van der Waals surface area contributed by atoms with Crippen molar-refractivity contribution in [3.63, 3.8) is 0 Å². The minimum atomic E-state index is -0.936. The minimum Gasteiger partial charge on any atom is -0.481 e. The third-order valence-corrected chi connectivity index (χ3v) is 5.20. The van der Waals surface area contributed by atoms with Gasteiger partial charge in [-0.1, -0.05) is 30.3 Å². The summed E-state index contributed by atoms with van der Waals surface area (Å²) in [5.74, 6) is -0.943. The molecule has 0 atom stereocenters. The quantitative estimate of drug-likeness (QED) is 0.754. The Labute approximate surface area is 149 Å². The summed E-state index contributed by atoms with van der Waals surface area (Å²) in [6.07, 6.45) is 0.786. The normalized spacial score (nSPS) is 16.5. The summed E-state index contributed by atoms with van der Waals surface area (Å²) < 4.78 is 0. The van der Waals surface area contributed by atoms with Crippen molar-refractivity contribution >= 4 is 22.9 Å². The molecule has 0 aliphatic carbocycles. The maximum atomic E-state index is 12.8. The molecule has 26 heavy (non-hydrogen) atoms. The molecule has 1 aromatic heterocycles. The van der Waals surface area contributed by atoms with Crippen LogP contribution in [0.1, 0.15) is 28.8 Å². The fourth-order valence-corrected chi connectivity index (χ4v) is 3.63. The topological polar surface area (TPSA) is 99.2 Å². The number of H-pyrrole nitrogens is 1. The number of nitrogens with one attached hydrogen (secondary N) is 1. The zero-order valence-corrected chi connectivity index (χ0v) is 14.1. The van der Waals surface area contributed by atoms with Gasteiger partial charge in [0.05, 0.1) is 5.41 Å². The van der Waals surface area contributed by atoms with Crippen LogP contribution in [-0.4, -0.2) is 50.4 Å². The number of piperidine rings is 1. The Kier molecular flexibility index (Phi) is 3.91. The van der Waals surface area contributed by atoms with Gasteiger partial charge in [0.25, 0.3) is 5.91 Å². The van der Waals surface area contributed by atoms with Crippen LogP contribution in [0.4, 0.5) is 0 Å². The number of likely N-dealkylation sites (tertiary alicyclic amines) is 1. The molecule has 2 heterocycles. The van der Waals surface area contributed by atoms with E-state index in [9.17, 15) is 14.7 Å². The SMILES string of the molecule is O=C(c1ccc2n[nH]nc2c1)N1CCC(C(=O)O)(c2ccccc2)CC1. The van der Waals surface area contributed by atoms with Crippen LogP contribution in [0.2, 0.25) is 0 Å². The van der Waals surface area contributed by atoms with Gasteiger partial charge in [-0.25, -0.2) is 0 Å². The van der Waals surface area contributed by atoms with Crippen LogP contribution >= 0.6 is 0 Å². The molecular formula is C19H18N4O3. The average molecular weight is 350 g/mol. The zero-order chi connectivity index (χ0) is 18.1. The van der Waals surface area contributed by atoms with Gasteiger partial charge in [-0.15, -0.1) is 0 Å². The summed E-state index contributed by atoms with van der Waals surface area (Å²) in [5, 5.41) is 20.4. The summed E-state index contributed by atoms with van der Waals surface area (Å²) >= 11 is 0. The fraction of sp³-hybridized carbons (Fsp3) is 0.263. The molecule has 3 aromatic rings. The number of carbonyl (C=O) groups is 2. The third kappa shape index (κ3) is 2.61. The van der Waals surface area contributed by atoms with Gasteiger partial charge in [0.2, 0.25) is 0 Å². The van der Waals surface area contributed by atoms with E-state index in [2.05, 4.69) is 15.4 Å². The summed E-state index contributed by atoms with van der Waals surface area (Å²) in [4.78, 5) is 26.5. The number of hydrogen-bond donors (Lipinski definition) is 2. The smallest absolute Gasteiger partial charge is 0.314 e. The van der Waals surface area contributed by atoms with Crippen molar-refractivity contribution in [1.82, 2.24) is 20.3 Å². The van der Waals surface area contributed by atoms with E-state index in [0.717, 1.165) is 5.56 Å². The predicted molar refractivity (Wildman–Crippen MR) is 94.8 cm³/mol. The lowest BCUT2D eigenvalue weighted by molar-refractivity contribution is -0.145. The van der Waals surface area contributed by atoms with E-state index in [0.29, 0.717) is 42.5 Å². The van der Waals surface area contributed by atoms with Gasteiger partial charge in [0, 0.05) is 18.7 Å². The van der Waals surface area contributed by atoms with Gasteiger partial charge in [-0.2, -0.15) is 15.4 Å². The number of aromatic nitrogens is 3. The Morgan fingerprint density at radius 2 is 1.69 bits per heavy atom. The Morgan fingerprint density at radius 1 is 1.00 bits per heavy atom. The first-order chi connectivity index (χ1) is 12.6. The molecule has 7 heteroatoms. The second-order valence-electron chi connectivity index (χ2n) is 6.57. The Morgan fingerprint density at radius 3 is 2.38 bits per heavy atom. The Hall–Kier alpha value is -3.22. The lowest BCUT2D eigenvalue weighted by atomic mass is 9.73. The van der Waals surface area contributed by atoms with Crippen molar-refractivity contribution in [3.05, 3.63) is 59.7 Å². The highest BCUT2D eigenvalue weighted by atomic mass is 16.4.